The van der Waals surface area contributed by atoms with Crippen LogP contribution in [-0.4, -0.2) is 45.5 Å². The van der Waals surface area contributed by atoms with Crippen molar-refractivity contribution in [1.82, 2.24) is 10.6 Å². The first-order chi connectivity index (χ1) is 13.0. The Morgan fingerprint density at radius 2 is 2.04 bits per heavy atom. The van der Waals surface area contributed by atoms with E-state index < -0.39 is 6.61 Å². The molecule has 1 aliphatic rings. The second-order valence-corrected chi connectivity index (χ2v) is 6.85. The van der Waals surface area contributed by atoms with Crippen LogP contribution in [-0.2, 0) is 11.3 Å². The van der Waals surface area contributed by atoms with Crippen LogP contribution in [0.15, 0.2) is 23.2 Å². The monoisotopic (exact) mass is 513 g/mol. The minimum atomic E-state index is -2.90. The van der Waals surface area contributed by atoms with Crippen LogP contribution in [0.1, 0.15) is 32.8 Å². The molecule has 0 aliphatic carbocycles. The highest BCUT2D eigenvalue weighted by Gasteiger charge is 2.33. The van der Waals surface area contributed by atoms with E-state index in [4.69, 9.17) is 9.47 Å². The Bertz CT molecular complexity index is 628. The van der Waals surface area contributed by atoms with Crippen LogP contribution in [0.4, 0.5) is 8.78 Å². The lowest BCUT2D eigenvalue weighted by atomic mass is 9.89. The van der Waals surface area contributed by atoms with Crippen LogP contribution in [0.2, 0.25) is 0 Å². The molecule has 6 nitrogen and oxygen atoms in total. The van der Waals surface area contributed by atoms with E-state index in [1.807, 2.05) is 13.8 Å². The van der Waals surface area contributed by atoms with Crippen LogP contribution in [0, 0.1) is 5.41 Å². The van der Waals surface area contributed by atoms with Gasteiger partial charge in [-0.2, -0.15) is 8.78 Å². The molecule has 1 aliphatic heterocycles. The third kappa shape index (κ3) is 7.94. The Morgan fingerprint density at radius 1 is 1.29 bits per heavy atom. The quantitative estimate of drug-likeness (QED) is 0.283. The van der Waals surface area contributed by atoms with Gasteiger partial charge in [-0.15, -0.1) is 24.0 Å². The third-order valence-corrected chi connectivity index (χ3v) is 4.06. The minimum absolute atomic E-state index is 0. The first kappa shape index (κ1) is 24.7. The van der Waals surface area contributed by atoms with Gasteiger partial charge in [0.25, 0.3) is 0 Å². The van der Waals surface area contributed by atoms with Crippen LogP contribution in [0.25, 0.3) is 0 Å². The third-order valence-electron chi connectivity index (χ3n) is 4.06. The predicted molar refractivity (Wildman–Crippen MR) is 116 cm³/mol. The number of alkyl halides is 2. The lowest BCUT2D eigenvalue weighted by Crippen LogP contribution is -2.51. The van der Waals surface area contributed by atoms with Crippen molar-refractivity contribution >= 4 is 29.9 Å². The predicted octanol–water partition coefficient (Wildman–Crippen LogP) is 3.79. The molecule has 1 aromatic rings. The second-order valence-electron chi connectivity index (χ2n) is 6.85. The number of hydrogen-bond donors (Lipinski definition) is 2. The molecular weight excluding hydrogens is 483 g/mol. The molecule has 0 aromatic heterocycles. The van der Waals surface area contributed by atoms with Crippen LogP contribution in [0.5, 0.6) is 11.5 Å². The first-order valence-corrected chi connectivity index (χ1v) is 9.26. The van der Waals surface area contributed by atoms with E-state index in [0.717, 1.165) is 13.0 Å². The Kier molecular flexibility index (Phi) is 10.8. The Labute approximate surface area is 182 Å². The van der Waals surface area contributed by atoms with Gasteiger partial charge in [-0.05, 0) is 25.5 Å². The summed E-state index contributed by atoms with van der Waals surface area (Å²) >= 11 is 0. The smallest absolute Gasteiger partial charge is 0.387 e. The SMILES string of the molecule is CCCOc1ccc(CN=C(NCC)NCC2(C)COC2)c(OC(F)F)c1.I. The molecule has 1 aromatic carbocycles. The largest absolute Gasteiger partial charge is 0.493 e. The molecular formula is C19H30F2IN3O3. The molecule has 0 atom stereocenters. The molecule has 1 heterocycles. The molecule has 9 heteroatoms. The molecule has 0 amide bonds. The van der Waals surface area contributed by atoms with Crippen molar-refractivity contribution in [1.29, 1.82) is 0 Å². The van der Waals surface area contributed by atoms with Crippen molar-refractivity contribution < 1.29 is 23.0 Å². The zero-order chi connectivity index (χ0) is 19.7. The number of hydrogen-bond acceptors (Lipinski definition) is 4. The normalized spacial score (nSPS) is 15.4. The van der Waals surface area contributed by atoms with Crippen LogP contribution >= 0.6 is 24.0 Å². The number of guanidine groups is 1. The molecule has 0 saturated carbocycles. The van der Waals surface area contributed by atoms with Crippen molar-refractivity contribution in [2.75, 3.05) is 32.9 Å². The minimum Gasteiger partial charge on any atom is -0.493 e. The molecule has 2 N–H and O–H groups in total. The molecule has 160 valence electrons. The van der Waals surface area contributed by atoms with Crippen molar-refractivity contribution in [3.63, 3.8) is 0 Å². The number of nitrogens with one attached hydrogen (secondary N) is 2. The second kappa shape index (κ2) is 12.3. The molecule has 1 fully saturated rings. The summed E-state index contributed by atoms with van der Waals surface area (Å²) in [4.78, 5) is 4.49. The fraction of sp³-hybridized carbons (Fsp3) is 0.632. The molecule has 2 rings (SSSR count). The lowest BCUT2D eigenvalue weighted by molar-refractivity contribution is -0.0971. The Morgan fingerprint density at radius 3 is 2.61 bits per heavy atom. The van der Waals surface area contributed by atoms with Crippen LogP contribution in [0.3, 0.4) is 0 Å². The number of rotatable bonds is 10. The van der Waals surface area contributed by atoms with Gasteiger partial charge >= 0.3 is 6.61 Å². The van der Waals surface area contributed by atoms with Gasteiger partial charge in [0, 0.05) is 30.1 Å². The van der Waals surface area contributed by atoms with E-state index in [-0.39, 0.29) is 41.7 Å². The molecule has 1 saturated heterocycles. The van der Waals surface area contributed by atoms with E-state index in [1.165, 1.54) is 6.07 Å². The maximum Gasteiger partial charge on any atom is 0.387 e. The first-order valence-electron chi connectivity index (χ1n) is 9.26. The van der Waals surface area contributed by atoms with Gasteiger partial charge in [0.2, 0.25) is 0 Å². The summed E-state index contributed by atoms with van der Waals surface area (Å²) in [6, 6.07) is 4.93. The molecule has 0 radical (unpaired) electrons. The number of ether oxygens (including phenoxy) is 3. The standard InChI is InChI=1S/C19H29F2N3O3.HI/c1-4-8-26-15-7-6-14(16(9-15)27-17(20)21)10-23-18(22-5-2)24-11-19(3)12-25-13-19;/h6-7,9,17H,4-5,8,10-13H2,1-3H3,(H2,22,23,24);1H. The maximum absolute atomic E-state index is 12.8. The van der Waals surface area contributed by atoms with Gasteiger partial charge in [-0.25, -0.2) is 4.99 Å². The van der Waals surface area contributed by atoms with Gasteiger partial charge in [0.1, 0.15) is 11.5 Å². The number of halogens is 3. The molecule has 0 unspecified atom stereocenters. The average molecular weight is 513 g/mol. The molecule has 0 bridgehead atoms. The van der Waals surface area contributed by atoms with E-state index in [9.17, 15) is 8.78 Å². The van der Waals surface area contributed by atoms with Gasteiger partial charge < -0.3 is 24.8 Å². The summed E-state index contributed by atoms with van der Waals surface area (Å²) in [6.07, 6.45) is 0.832. The Hall–Kier alpha value is -1.36. The Balaban J connectivity index is 0.00000392. The van der Waals surface area contributed by atoms with Gasteiger partial charge in [0.05, 0.1) is 26.4 Å². The highest BCUT2D eigenvalue weighted by molar-refractivity contribution is 14.0. The summed E-state index contributed by atoms with van der Waals surface area (Å²) in [5, 5.41) is 6.44. The lowest BCUT2D eigenvalue weighted by Gasteiger charge is -2.38. The van der Waals surface area contributed by atoms with Crippen molar-refractivity contribution in [2.24, 2.45) is 10.4 Å². The topological polar surface area (TPSA) is 64.1 Å². The van der Waals surface area contributed by atoms with Crippen molar-refractivity contribution in [3.8, 4) is 11.5 Å². The number of nitrogens with zero attached hydrogens (tertiary/aromatic N) is 1. The van der Waals surface area contributed by atoms with Gasteiger partial charge in [0.15, 0.2) is 5.96 Å². The zero-order valence-corrected chi connectivity index (χ0v) is 18.9. The molecule has 0 spiro atoms. The van der Waals surface area contributed by atoms with Crippen molar-refractivity contribution in [2.45, 2.75) is 40.3 Å². The summed E-state index contributed by atoms with van der Waals surface area (Å²) in [5.41, 5.74) is 0.660. The van der Waals surface area contributed by atoms with E-state index >= 15 is 0 Å². The summed E-state index contributed by atoms with van der Waals surface area (Å²) in [5.74, 6) is 1.21. The van der Waals surface area contributed by atoms with E-state index in [0.29, 0.717) is 43.6 Å². The highest BCUT2D eigenvalue weighted by atomic mass is 127. The van der Waals surface area contributed by atoms with E-state index in [1.54, 1.807) is 12.1 Å². The number of aliphatic imine (C=N–C) groups is 1. The molecule has 28 heavy (non-hydrogen) atoms. The maximum atomic E-state index is 12.8. The fourth-order valence-electron chi connectivity index (χ4n) is 2.54. The summed E-state index contributed by atoms with van der Waals surface area (Å²) < 4.78 is 40.9. The van der Waals surface area contributed by atoms with E-state index in [2.05, 4.69) is 27.3 Å². The highest BCUT2D eigenvalue weighted by Crippen LogP contribution is 2.28. The van der Waals surface area contributed by atoms with Crippen molar-refractivity contribution in [3.05, 3.63) is 23.8 Å². The van der Waals surface area contributed by atoms with Crippen LogP contribution < -0.4 is 20.1 Å². The number of benzene rings is 1. The fourth-order valence-corrected chi connectivity index (χ4v) is 2.54. The summed E-state index contributed by atoms with van der Waals surface area (Å²) in [7, 11) is 0. The average Bonchev–Trinajstić information content (AvgIpc) is 2.61. The van der Waals surface area contributed by atoms with Gasteiger partial charge in [-0.1, -0.05) is 13.8 Å². The van der Waals surface area contributed by atoms with Gasteiger partial charge in [-0.3, -0.25) is 0 Å². The summed E-state index contributed by atoms with van der Waals surface area (Å²) in [6.45, 7) is 6.75. The zero-order valence-electron chi connectivity index (χ0n) is 16.6.